The van der Waals surface area contributed by atoms with Crippen LogP contribution in [0.15, 0.2) is 24.3 Å². The topological polar surface area (TPSA) is 58.4 Å². The van der Waals surface area contributed by atoms with Gasteiger partial charge in [-0.15, -0.1) is 0 Å². The zero-order valence-corrected chi connectivity index (χ0v) is 12.3. The highest BCUT2D eigenvalue weighted by Crippen LogP contribution is 2.29. The summed E-state index contributed by atoms with van der Waals surface area (Å²) in [6.45, 7) is 5.33. The van der Waals surface area contributed by atoms with Crippen LogP contribution in [0, 0.1) is 0 Å². The van der Waals surface area contributed by atoms with Gasteiger partial charge >= 0.3 is 0 Å². The van der Waals surface area contributed by atoms with Crippen LogP contribution in [0.1, 0.15) is 43.4 Å². The highest BCUT2D eigenvalue weighted by Gasteiger charge is 2.24. The monoisotopic (exact) mass is 275 g/mol. The molecule has 0 saturated heterocycles. The molecule has 0 radical (unpaired) electrons. The fraction of sp³-hybridized carbons (Fsp3) is 0.562. The summed E-state index contributed by atoms with van der Waals surface area (Å²) in [5.41, 5.74) is 8.11. The Morgan fingerprint density at radius 3 is 3.00 bits per heavy atom. The Bertz CT molecular complexity index is 447. The number of fused-ring (bicyclic) bond motifs is 1. The number of rotatable bonds is 6. The predicted octanol–water partition coefficient (Wildman–Crippen LogP) is 1.81. The minimum atomic E-state index is -0.240. The lowest BCUT2D eigenvalue weighted by Crippen LogP contribution is -2.38. The first-order valence-corrected chi connectivity index (χ1v) is 7.53. The average molecular weight is 275 g/mol. The van der Waals surface area contributed by atoms with Gasteiger partial charge in [0.2, 0.25) is 5.91 Å². The fourth-order valence-corrected chi connectivity index (χ4v) is 2.92. The number of nitrogens with one attached hydrogen (secondary N) is 1. The van der Waals surface area contributed by atoms with E-state index >= 15 is 0 Å². The standard InChI is InChI=1S/C16H25N3O/c1-2-3-10-19(12-16(17)20)15-8-9-18-11-13-6-4-5-7-14(13)15/h4-7,15,18H,2-3,8-12H2,1H3,(H2,17,20). The van der Waals surface area contributed by atoms with Crippen molar-refractivity contribution < 1.29 is 4.79 Å². The van der Waals surface area contributed by atoms with Gasteiger partial charge in [0.15, 0.2) is 0 Å². The van der Waals surface area contributed by atoms with Crippen molar-refractivity contribution in [1.82, 2.24) is 10.2 Å². The number of nitrogens with two attached hydrogens (primary N) is 1. The van der Waals surface area contributed by atoms with Crippen molar-refractivity contribution in [3.05, 3.63) is 35.4 Å². The van der Waals surface area contributed by atoms with Crippen LogP contribution >= 0.6 is 0 Å². The molecule has 0 aliphatic carbocycles. The zero-order chi connectivity index (χ0) is 14.4. The van der Waals surface area contributed by atoms with Gasteiger partial charge in [0.25, 0.3) is 0 Å². The maximum Gasteiger partial charge on any atom is 0.231 e. The highest BCUT2D eigenvalue weighted by atomic mass is 16.1. The van der Waals surface area contributed by atoms with Crippen molar-refractivity contribution in [3.63, 3.8) is 0 Å². The van der Waals surface area contributed by atoms with Crippen molar-refractivity contribution in [3.8, 4) is 0 Å². The zero-order valence-electron chi connectivity index (χ0n) is 12.3. The minimum Gasteiger partial charge on any atom is -0.369 e. The van der Waals surface area contributed by atoms with Gasteiger partial charge in [0, 0.05) is 12.6 Å². The molecule has 4 nitrogen and oxygen atoms in total. The molecule has 0 spiro atoms. The number of nitrogens with zero attached hydrogens (tertiary/aromatic N) is 1. The molecule has 2 rings (SSSR count). The first-order valence-electron chi connectivity index (χ1n) is 7.53. The maximum atomic E-state index is 11.4. The van der Waals surface area contributed by atoms with Gasteiger partial charge in [-0.1, -0.05) is 37.6 Å². The maximum absolute atomic E-state index is 11.4. The summed E-state index contributed by atoms with van der Waals surface area (Å²) in [4.78, 5) is 13.6. The second kappa shape index (κ2) is 7.41. The van der Waals surface area contributed by atoms with Gasteiger partial charge in [0.1, 0.15) is 0 Å². The number of amides is 1. The Hall–Kier alpha value is -1.39. The average Bonchev–Trinajstić information content (AvgIpc) is 2.65. The van der Waals surface area contributed by atoms with Crippen molar-refractivity contribution in [2.24, 2.45) is 5.73 Å². The number of carbonyl (C=O) groups excluding carboxylic acids is 1. The molecule has 110 valence electrons. The lowest BCUT2D eigenvalue weighted by Gasteiger charge is -2.31. The third kappa shape index (κ3) is 3.81. The number of benzene rings is 1. The Kier molecular flexibility index (Phi) is 5.56. The molecule has 1 atom stereocenters. The van der Waals surface area contributed by atoms with Crippen LogP contribution in [0.3, 0.4) is 0 Å². The molecule has 1 unspecified atom stereocenters. The highest BCUT2D eigenvalue weighted by molar-refractivity contribution is 5.76. The number of carbonyl (C=O) groups is 1. The van der Waals surface area contributed by atoms with Crippen LogP contribution in [0.25, 0.3) is 0 Å². The Balaban J connectivity index is 2.24. The SMILES string of the molecule is CCCCN(CC(N)=O)C1CCNCc2ccccc21. The Labute approximate surface area is 121 Å². The lowest BCUT2D eigenvalue weighted by atomic mass is 9.97. The smallest absolute Gasteiger partial charge is 0.231 e. The van der Waals surface area contributed by atoms with Crippen LogP contribution < -0.4 is 11.1 Å². The van der Waals surface area contributed by atoms with Gasteiger partial charge in [-0.3, -0.25) is 9.69 Å². The number of unbranched alkanes of at least 4 members (excludes halogenated alkanes) is 1. The summed E-state index contributed by atoms with van der Waals surface area (Å²) in [5.74, 6) is -0.240. The largest absolute Gasteiger partial charge is 0.369 e. The van der Waals surface area contributed by atoms with Crippen LogP contribution in [0.5, 0.6) is 0 Å². The second-order valence-corrected chi connectivity index (χ2v) is 5.47. The molecule has 1 aromatic rings. The van der Waals surface area contributed by atoms with E-state index in [0.29, 0.717) is 12.6 Å². The molecule has 20 heavy (non-hydrogen) atoms. The molecular formula is C16H25N3O. The molecule has 0 aromatic heterocycles. The number of hydrogen-bond acceptors (Lipinski definition) is 3. The summed E-state index contributed by atoms with van der Waals surface area (Å²) in [7, 11) is 0. The molecule has 0 bridgehead atoms. The van der Waals surface area contributed by atoms with Crippen molar-refractivity contribution >= 4 is 5.91 Å². The van der Waals surface area contributed by atoms with E-state index in [1.54, 1.807) is 0 Å². The van der Waals surface area contributed by atoms with Crippen LogP contribution in [0.2, 0.25) is 0 Å². The molecule has 4 heteroatoms. The first-order chi connectivity index (χ1) is 9.72. The molecule has 1 heterocycles. The van der Waals surface area contributed by atoms with Crippen LogP contribution in [0.4, 0.5) is 0 Å². The van der Waals surface area contributed by atoms with E-state index in [9.17, 15) is 4.79 Å². The van der Waals surface area contributed by atoms with E-state index in [-0.39, 0.29) is 5.91 Å². The Morgan fingerprint density at radius 2 is 2.25 bits per heavy atom. The summed E-state index contributed by atoms with van der Waals surface area (Å²) >= 11 is 0. The van der Waals surface area contributed by atoms with Gasteiger partial charge in [-0.2, -0.15) is 0 Å². The molecule has 3 N–H and O–H groups in total. The molecule has 1 aromatic carbocycles. The number of primary amides is 1. The van der Waals surface area contributed by atoms with Crippen LogP contribution in [-0.4, -0.2) is 30.4 Å². The molecule has 1 aliphatic rings. The summed E-state index contributed by atoms with van der Waals surface area (Å²) in [6, 6.07) is 8.81. The van der Waals surface area contributed by atoms with Crippen LogP contribution in [-0.2, 0) is 11.3 Å². The van der Waals surface area contributed by atoms with Crippen molar-refractivity contribution in [2.75, 3.05) is 19.6 Å². The van der Waals surface area contributed by atoms with Crippen molar-refractivity contribution in [1.29, 1.82) is 0 Å². The second-order valence-electron chi connectivity index (χ2n) is 5.47. The van der Waals surface area contributed by atoms with Crippen molar-refractivity contribution in [2.45, 2.75) is 38.8 Å². The van der Waals surface area contributed by atoms with Gasteiger partial charge < -0.3 is 11.1 Å². The molecule has 1 aliphatic heterocycles. The van der Waals surface area contributed by atoms with E-state index in [1.807, 2.05) is 0 Å². The van der Waals surface area contributed by atoms with E-state index < -0.39 is 0 Å². The number of hydrogen-bond donors (Lipinski definition) is 2. The van der Waals surface area contributed by atoms with Gasteiger partial charge in [-0.05, 0) is 37.1 Å². The third-order valence-corrected chi connectivity index (χ3v) is 3.92. The molecular weight excluding hydrogens is 250 g/mol. The van der Waals surface area contributed by atoms with E-state index in [2.05, 4.69) is 41.4 Å². The first kappa shape index (κ1) is 15.0. The molecule has 0 saturated carbocycles. The Morgan fingerprint density at radius 1 is 1.45 bits per heavy atom. The normalized spacial score (nSPS) is 18.6. The minimum absolute atomic E-state index is 0.240. The predicted molar refractivity (Wildman–Crippen MR) is 81.2 cm³/mol. The summed E-state index contributed by atoms with van der Waals surface area (Å²) in [6.07, 6.45) is 3.25. The molecule has 0 fully saturated rings. The van der Waals surface area contributed by atoms with Gasteiger partial charge in [0.05, 0.1) is 6.54 Å². The fourth-order valence-electron chi connectivity index (χ4n) is 2.92. The van der Waals surface area contributed by atoms with E-state index in [1.165, 1.54) is 11.1 Å². The summed E-state index contributed by atoms with van der Waals surface area (Å²) < 4.78 is 0. The van der Waals surface area contributed by atoms with E-state index in [0.717, 1.165) is 38.9 Å². The molecule has 1 amide bonds. The summed E-state index contributed by atoms with van der Waals surface area (Å²) in [5, 5.41) is 3.45. The van der Waals surface area contributed by atoms with E-state index in [4.69, 9.17) is 5.73 Å². The lowest BCUT2D eigenvalue weighted by molar-refractivity contribution is -0.119. The quantitative estimate of drug-likeness (QED) is 0.832. The third-order valence-electron chi connectivity index (χ3n) is 3.92. The van der Waals surface area contributed by atoms with Gasteiger partial charge in [-0.25, -0.2) is 0 Å².